The Balaban J connectivity index is 1.44. The fourth-order valence-corrected chi connectivity index (χ4v) is 3.62. The van der Waals surface area contributed by atoms with Crippen LogP contribution in [0.1, 0.15) is 29.8 Å². The summed E-state index contributed by atoms with van der Waals surface area (Å²) in [7, 11) is 1.65. The van der Waals surface area contributed by atoms with Crippen LogP contribution in [0.4, 0.5) is 5.95 Å². The zero-order valence-electron chi connectivity index (χ0n) is 18.8. The lowest BCUT2D eigenvalue weighted by atomic mass is 10.1. The van der Waals surface area contributed by atoms with Crippen molar-refractivity contribution in [2.24, 2.45) is 5.92 Å². The second-order valence-corrected chi connectivity index (χ2v) is 8.33. The normalized spacial score (nSPS) is 12.9. The Labute approximate surface area is 197 Å². The molecular weight excluding hydrogens is 428 g/mol. The van der Waals surface area contributed by atoms with E-state index in [2.05, 4.69) is 26.7 Å². The second-order valence-electron chi connectivity index (χ2n) is 8.33. The van der Waals surface area contributed by atoms with Gasteiger partial charge in [0, 0.05) is 19.2 Å². The number of nitrogens with one attached hydrogen (secondary N) is 1. The van der Waals surface area contributed by atoms with E-state index in [1.165, 1.54) is 12.8 Å². The molecule has 1 N–H and O–H groups in total. The van der Waals surface area contributed by atoms with Gasteiger partial charge in [-0.25, -0.2) is 14.6 Å². The van der Waals surface area contributed by atoms with Gasteiger partial charge in [0.25, 0.3) is 0 Å². The molecule has 5 rings (SSSR count). The largest absolute Gasteiger partial charge is 0.378 e. The highest BCUT2D eigenvalue weighted by Crippen LogP contribution is 2.29. The average molecular weight is 453 g/mol. The van der Waals surface area contributed by atoms with Crippen molar-refractivity contribution in [2.45, 2.75) is 26.0 Å². The van der Waals surface area contributed by atoms with Crippen molar-refractivity contribution in [3.63, 3.8) is 0 Å². The van der Waals surface area contributed by atoms with Crippen molar-refractivity contribution in [3.05, 3.63) is 71.7 Å². The minimum atomic E-state index is 0.462. The Morgan fingerprint density at radius 2 is 1.85 bits per heavy atom. The molecule has 34 heavy (non-hydrogen) atoms. The molecule has 0 amide bonds. The number of benzene rings is 1. The summed E-state index contributed by atoms with van der Waals surface area (Å²) >= 11 is 0. The molecule has 3 heterocycles. The first kappa shape index (κ1) is 21.7. The molecule has 0 saturated heterocycles. The van der Waals surface area contributed by atoms with Gasteiger partial charge in [-0.1, -0.05) is 23.4 Å². The SMILES string of the molecule is COCc1cccc(Cn2cc(-c3cc(-c4cccc(C#N)c4)nc(NCC4CC4)n3)nn2)n1. The Morgan fingerprint density at radius 1 is 1.03 bits per heavy atom. The summed E-state index contributed by atoms with van der Waals surface area (Å²) in [6, 6.07) is 17.3. The maximum Gasteiger partial charge on any atom is 0.223 e. The van der Waals surface area contributed by atoms with Crippen LogP contribution >= 0.6 is 0 Å². The highest BCUT2D eigenvalue weighted by molar-refractivity contribution is 5.68. The number of nitrogens with zero attached hydrogens (tertiary/aromatic N) is 7. The summed E-state index contributed by atoms with van der Waals surface area (Å²) in [5, 5.41) is 21.3. The van der Waals surface area contributed by atoms with Crippen molar-refractivity contribution in [1.29, 1.82) is 5.26 Å². The summed E-state index contributed by atoms with van der Waals surface area (Å²) in [6.07, 6.45) is 4.32. The lowest BCUT2D eigenvalue weighted by Crippen LogP contribution is -2.08. The van der Waals surface area contributed by atoms with Crippen LogP contribution < -0.4 is 5.32 Å². The monoisotopic (exact) mass is 452 g/mol. The molecule has 1 aromatic carbocycles. The number of hydrogen-bond acceptors (Lipinski definition) is 8. The van der Waals surface area contributed by atoms with Gasteiger partial charge in [0.15, 0.2) is 0 Å². The molecular formula is C25H24N8O. The van der Waals surface area contributed by atoms with E-state index >= 15 is 0 Å². The van der Waals surface area contributed by atoms with Gasteiger partial charge in [0.1, 0.15) is 5.69 Å². The van der Waals surface area contributed by atoms with Crippen LogP contribution in [0.3, 0.4) is 0 Å². The third-order valence-corrected chi connectivity index (χ3v) is 5.54. The molecule has 0 bridgehead atoms. The number of aromatic nitrogens is 6. The van der Waals surface area contributed by atoms with Crippen LogP contribution in [0, 0.1) is 17.2 Å². The van der Waals surface area contributed by atoms with Gasteiger partial charge in [-0.2, -0.15) is 5.26 Å². The molecule has 0 unspecified atom stereocenters. The van der Waals surface area contributed by atoms with Crippen molar-refractivity contribution >= 4 is 5.95 Å². The summed E-state index contributed by atoms with van der Waals surface area (Å²) in [4.78, 5) is 14.0. The minimum Gasteiger partial charge on any atom is -0.378 e. The highest BCUT2D eigenvalue weighted by atomic mass is 16.5. The fraction of sp³-hybridized carbons (Fsp3) is 0.280. The van der Waals surface area contributed by atoms with Crippen molar-refractivity contribution < 1.29 is 4.74 Å². The quantitative estimate of drug-likeness (QED) is 0.409. The van der Waals surface area contributed by atoms with Gasteiger partial charge in [0.05, 0.1) is 53.8 Å². The van der Waals surface area contributed by atoms with E-state index in [0.717, 1.165) is 29.2 Å². The summed E-state index contributed by atoms with van der Waals surface area (Å²) in [6.45, 7) is 1.79. The zero-order chi connectivity index (χ0) is 23.3. The molecule has 0 spiro atoms. The summed E-state index contributed by atoms with van der Waals surface area (Å²) < 4.78 is 6.91. The second kappa shape index (κ2) is 9.77. The zero-order valence-corrected chi connectivity index (χ0v) is 18.8. The van der Waals surface area contributed by atoms with E-state index in [0.29, 0.717) is 42.0 Å². The first-order valence-corrected chi connectivity index (χ1v) is 11.2. The Hall–Kier alpha value is -4.16. The van der Waals surface area contributed by atoms with Crippen molar-refractivity contribution in [1.82, 2.24) is 29.9 Å². The molecule has 1 aliphatic rings. The highest BCUT2D eigenvalue weighted by Gasteiger charge is 2.21. The van der Waals surface area contributed by atoms with Gasteiger partial charge < -0.3 is 10.1 Å². The average Bonchev–Trinajstić information content (AvgIpc) is 3.59. The number of hydrogen-bond donors (Lipinski definition) is 1. The first-order valence-electron chi connectivity index (χ1n) is 11.2. The lowest BCUT2D eigenvalue weighted by Gasteiger charge is -2.09. The fourth-order valence-electron chi connectivity index (χ4n) is 3.62. The van der Waals surface area contributed by atoms with E-state index in [9.17, 15) is 5.26 Å². The number of anilines is 1. The molecule has 9 heteroatoms. The maximum atomic E-state index is 9.29. The molecule has 0 atom stereocenters. The predicted molar refractivity (Wildman–Crippen MR) is 126 cm³/mol. The summed E-state index contributed by atoms with van der Waals surface area (Å²) in [5.74, 6) is 1.23. The Kier molecular flexibility index (Phi) is 6.23. The molecule has 4 aromatic rings. The van der Waals surface area contributed by atoms with Crippen LogP contribution in [-0.4, -0.2) is 43.6 Å². The standard InChI is InChI=1S/C25H24N8O/c1-34-16-21-7-3-6-20(28-21)14-33-15-24(31-32-33)23-11-22(19-5-2-4-18(10-19)12-26)29-25(30-23)27-13-17-8-9-17/h2-7,10-11,15,17H,8-9,13-14,16H2,1H3,(H,27,29,30). The summed E-state index contributed by atoms with van der Waals surface area (Å²) in [5.41, 5.74) is 5.20. The number of pyridine rings is 1. The predicted octanol–water partition coefficient (Wildman–Crippen LogP) is 3.69. The number of nitriles is 1. The minimum absolute atomic E-state index is 0.462. The van der Waals surface area contributed by atoms with Crippen LogP contribution in [0.25, 0.3) is 22.6 Å². The lowest BCUT2D eigenvalue weighted by molar-refractivity contribution is 0.181. The van der Waals surface area contributed by atoms with Crippen molar-refractivity contribution in [2.75, 3.05) is 19.0 Å². The number of rotatable bonds is 9. The number of methoxy groups -OCH3 is 1. The van der Waals surface area contributed by atoms with Crippen LogP contribution in [-0.2, 0) is 17.9 Å². The van der Waals surface area contributed by atoms with Crippen molar-refractivity contribution in [3.8, 4) is 28.7 Å². The van der Waals surface area contributed by atoms with Gasteiger partial charge in [-0.05, 0) is 49.1 Å². The topological polar surface area (TPSA) is 114 Å². The Morgan fingerprint density at radius 3 is 2.68 bits per heavy atom. The van der Waals surface area contributed by atoms with E-state index < -0.39 is 0 Å². The molecule has 1 saturated carbocycles. The molecule has 1 fully saturated rings. The molecule has 1 aliphatic carbocycles. The van der Waals surface area contributed by atoms with Crippen LogP contribution in [0.15, 0.2) is 54.7 Å². The molecule has 0 aliphatic heterocycles. The molecule has 9 nitrogen and oxygen atoms in total. The third-order valence-electron chi connectivity index (χ3n) is 5.54. The number of ether oxygens (including phenoxy) is 1. The van der Waals surface area contributed by atoms with Gasteiger partial charge in [0.2, 0.25) is 5.95 Å². The van der Waals surface area contributed by atoms with E-state index in [1.54, 1.807) is 17.9 Å². The maximum absolute atomic E-state index is 9.29. The third kappa shape index (κ3) is 5.24. The van der Waals surface area contributed by atoms with Crippen LogP contribution in [0.2, 0.25) is 0 Å². The Bertz CT molecular complexity index is 1340. The van der Waals surface area contributed by atoms with Gasteiger partial charge in [-0.15, -0.1) is 5.10 Å². The van der Waals surface area contributed by atoms with E-state index in [1.807, 2.05) is 48.7 Å². The van der Waals surface area contributed by atoms with Crippen LogP contribution in [0.5, 0.6) is 0 Å². The smallest absolute Gasteiger partial charge is 0.223 e. The molecule has 3 aromatic heterocycles. The van der Waals surface area contributed by atoms with E-state index in [4.69, 9.17) is 14.7 Å². The van der Waals surface area contributed by atoms with Gasteiger partial charge >= 0.3 is 0 Å². The molecule has 170 valence electrons. The van der Waals surface area contributed by atoms with E-state index in [-0.39, 0.29) is 0 Å². The first-order chi connectivity index (χ1) is 16.7. The van der Waals surface area contributed by atoms with Gasteiger partial charge in [-0.3, -0.25) is 4.98 Å². The molecule has 0 radical (unpaired) electrons.